The molecule has 1 aromatic carbocycles. The van der Waals surface area contributed by atoms with Gasteiger partial charge in [0.1, 0.15) is 0 Å². The van der Waals surface area contributed by atoms with Crippen molar-refractivity contribution in [2.24, 2.45) is 5.41 Å². The van der Waals surface area contributed by atoms with Gasteiger partial charge in [-0.05, 0) is 37.5 Å². The van der Waals surface area contributed by atoms with Crippen LogP contribution in [0.5, 0.6) is 0 Å². The van der Waals surface area contributed by atoms with E-state index in [-0.39, 0.29) is 24.0 Å². The van der Waals surface area contributed by atoms with Crippen molar-refractivity contribution in [1.82, 2.24) is 9.62 Å². The lowest BCUT2D eigenvalue weighted by atomic mass is 9.78. The maximum Gasteiger partial charge on any atom is 0.416 e. The van der Waals surface area contributed by atoms with Gasteiger partial charge < -0.3 is 5.32 Å². The number of piperidine rings is 1. The highest BCUT2D eigenvalue weighted by molar-refractivity contribution is 7.89. The van der Waals surface area contributed by atoms with E-state index in [4.69, 9.17) is 11.6 Å². The van der Waals surface area contributed by atoms with Crippen LogP contribution in [0.15, 0.2) is 23.1 Å². The van der Waals surface area contributed by atoms with Gasteiger partial charge in [-0.2, -0.15) is 17.5 Å². The van der Waals surface area contributed by atoms with Crippen LogP contribution in [-0.2, 0) is 21.0 Å². The summed E-state index contributed by atoms with van der Waals surface area (Å²) in [6.07, 6.45) is -3.34. The lowest BCUT2D eigenvalue weighted by Gasteiger charge is -2.36. The number of halogens is 4. The fourth-order valence-electron chi connectivity index (χ4n) is 3.37. The zero-order chi connectivity index (χ0) is 18.5. The maximum atomic E-state index is 12.9. The molecule has 0 bridgehead atoms. The second kappa shape index (κ2) is 6.14. The summed E-state index contributed by atoms with van der Waals surface area (Å²) in [5, 5.41) is 2.45. The molecule has 25 heavy (non-hydrogen) atoms. The number of amides is 1. The van der Waals surface area contributed by atoms with Crippen LogP contribution in [0.3, 0.4) is 0 Å². The van der Waals surface area contributed by atoms with E-state index in [1.165, 1.54) is 0 Å². The van der Waals surface area contributed by atoms with Crippen LogP contribution in [0.4, 0.5) is 13.2 Å². The number of nitrogens with one attached hydrogen (secondary N) is 1. The molecule has 2 fully saturated rings. The molecule has 0 aromatic heterocycles. The van der Waals surface area contributed by atoms with Crippen molar-refractivity contribution in [2.45, 2.75) is 30.3 Å². The van der Waals surface area contributed by atoms with E-state index in [0.717, 1.165) is 10.4 Å². The minimum absolute atomic E-state index is 0.0772. The maximum absolute atomic E-state index is 12.9. The average molecular weight is 397 g/mol. The van der Waals surface area contributed by atoms with Crippen molar-refractivity contribution in [3.63, 3.8) is 0 Å². The molecular weight excluding hydrogens is 381 g/mol. The molecule has 1 amide bonds. The summed E-state index contributed by atoms with van der Waals surface area (Å²) in [7, 11) is -4.11. The summed E-state index contributed by atoms with van der Waals surface area (Å²) in [5.74, 6) is -0.0772. The molecule has 0 radical (unpaired) electrons. The van der Waals surface area contributed by atoms with E-state index in [9.17, 15) is 26.4 Å². The van der Waals surface area contributed by atoms with Crippen LogP contribution in [0.1, 0.15) is 24.8 Å². The van der Waals surface area contributed by atoms with E-state index < -0.39 is 32.1 Å². The molecule has 0 aliphatic carbocycles. The Bertz CT molecular complexity index is 803. The van der Waals surface area contributed by atoms with E-state index in [1.54, 1.807) is 0 Å². The SMILES string of the molecule is O=C1NCCC12CCN(S(=O)(=O)c1cc(Cl)cc(C(F)(F)F)c1)CC2. The van der Waals surface area contributed by atoms with Crippen LogP contribution in [0, 0.1) is 5.41 Å². The second-order valence-electron chi connectivity index (χ2n) is 6.36. The van der Waals surface area contributed by atoms with Crippen LogP contribution in [0.25, 0.3) is 0 Å². The molecule has 1 aromatic rings. The first-order valence-electron chi connectivity index (χ1n) is 7.71. The second-order valence-corrected chi connectivity index (χ2v) is 8.74. The fraction of sp³-hybridized carbons (Fsp3) is 0.533. The van der Waals surface area contributed by atoms with Gasteiger partial charge in [-0.3, -0.25) is 4.79 Å². The van der Waals surface area contributed by atoms with Crippen molar-refractivity contribution < 1.29 is 26.4 Å². The lowest BCUT2D eigenvalue weighted by Crippen LogP contribution is -2.46. The number of rotatable bonds is 2. The minimum Gasteiger partial charge on any atom is -0.356 e. The number of carbonyl (C=O) groups is 1. The van der Waals surface area contributed by atoms with Gasteiger partial charge in [-0.15, -0.1) is 0 Å². The quantitative estimate of drug-likeness (QED) is 0.835. The standard InChI is InChI=1S/C15H16ClF3N2O3S/c16-11-7-10(15(17,18)19)8-12(9-11)25(23,24)21-5-2-14(3-6-21)1-4-20-13(14)22/h7-9H,1-6H2,(H,20,22). The molecule has 0 saturated carbocycles. The third-order valence-corrected chi connectivity index (χ3v) is 6.98. The topological polar surface area (TPSA) is 66.5 Å². The number of carbonyl (C=O) groups excluding carboxylic acids is 1. The Morgan fingerprint density at radius 2 is 1.76 bits per heavy atom. The summed E-state index contributed by atoms with van der Waals surface area (Å²) < 4.78 is 65.3. The van der Waals surface area contributed by atoms with Crippen molar-refractivity contribution in [3.8, 4) is 0 Å². The van der Waals surface area contributed by atoms with E-state index >= 15 is 0 Å². The Labute approximate surface area is 148 Å². The Balaban J connectivity index is 1.86. The lowest BCUT2D eigenvalue weighted by molar-refractivity contribution is -0.137. The Kier molecular flexibility index (Phi) is 4.53. The van der Waals surface area contributed by atoms with E-state index in [1.807, 2.05) is 0 Å². The summed E-state index contributed by atoms with van der Waals surface area (Å²) >= 11 is 5.68. The van der Waals surface area contributed by atoms with Gasteiger partial charge >= 0.3 is 6.18 Å². The number of sulfonamides is 1. The van der Waals surface area contributed by atoms with Crippen molar-refractivity contribution >= 4 is 27.5 Å². The largest absolute Gasteiger partial charge is 0.416 e. The van der Waals surface area contributed by atoms with Crippen molar-refractivity contribution in [2.75, 3.05) is 19.6 Å². The van der Waals surface area contributed by atoms with Gasteiger partial charge in [0.2, 0.25) is 15.9 Å². The molecule has 1 spiro atoms. The predicted molar refractivity (Wildman–Crippen MR) is 84.5 cm³/mol. The fourth-order valence-corrected chi connectivity index (χ4v) is 5.19. The zero-order valence-corrected chi connectivity index (χ0v) is 14.6. The number of nitrogens with zero attached hydrogens (tertiary/aromatic N) is 1. The zero-order valence-electron chi connectivity index (χ0n) is 13.1. The summed E-state index contributed by atoms with van der Waals surface area (Å²) in [6.45, 7) is 0.738. The molecule has 138 valence electrons. The van der Waals surface area contributed by atoms with Gasteiger partial charge in [-0.25, -0.2) is 8.42 Å². The molecule has 0 unspecified atom stereocenters. The minimum atomic E-state index is -4.69. The van der Waals surface area contributed by atoms with Gasteiger partial charge in [0.25, 0.3) is 0 Å². The molecular formula is C15H16ClF3N2O3S. The van der Waals surface area contributed by atoms with Gasteiger partial charge in [-0.1, -0.05) is 11.6 Å². The van der Waals surface area contributed by atoms with Crippen LogP contribution in [0.2, 0.25) is 5.02 Å². The monoisotopic (exact) mass is 396 g/mol. The number of benzene rings is 1. The van der Waals surface area contributed by atoms with Crippen molar-refractivity contribution in [3.05, 3.63) is 28.8 Å². The van der Waals surface area contributed by atoms with E-state index in [0.29, 0.717) is 37.9 Å². The smallest absolute Gasteiger partial charge is 0.356 e. The number of alkyl halides is 3. The third kappa shape index (κ3) is 3.37. The van der Waals surface area contributed by atoms with Crippen LogP contribution in [-0.4, -0.2) is 38.3 Å². The Morgan fingerprint density at radius 1 is 1.12 bits per heavy atom. The first-order valence-corrected chi connectivity index (χ1v) is 9.53. The first kappa shape index (κ1) is 18.5. The summed E-state index contributed by atoms with van der Waals surface area (Å²) in [4.78, 5) is 11.5. The molecule has 10 heteroatoms. The molecule has 5 nitrogen and oxygen atoms in total. The molecule has 0 atom stereocenters. The van der Waals surface area contributed by atoms with Crippen LogP contribution >= 0.6 is 11.6 Å². The predicted octanol–water partition coefficient (Wildman–Crippen LogP) is 2.65. The highest BCUT2D eigenvalue weighted by atomic mass is 35.5. The molecule has 2 aliphatic heterocycles. The average Bonchev–Trinajstić information content (AvgIpc) is 2.87. The van der Waals surface area contributed by atoms with Gasteiger partial charge in [0.05, 0.1) is 15.9 Å². The van der Waals surface area contributed by atoms with Crippen LogP contribution < -0.4 is 5.32 Å². The Morgan fingerprint density at radius 3 is 2.28 bits per heavy atom. The summed E-state index contributed by atoms with van der Waals surface area (Å²) in [6, 6.07) is 2.29. The Hall–Kier alpha value is -1.32. The molecule has 3 rings (SSSR count). The number of hydrogen-bond acceptors (Lipinski definition) is 3. The molecule has 2 heterocycles. The van der Waals surface area contributed by atoms with Gasteiger partial charge in [0, 0.05) is 24.7 Å². The molecule has 2 aliphatic rings. The van der Waals surface area contributed by atoms with E-state index in [2.05, 4.69) is 5.32 Å². The summed E-state index contributed by atoms with van der Waals surface area (Å²) in [5.41, 5.74) is -1.67. The number of hydrogen-bond donors (Lipinski definition) is 1. The third-order valence-electron chi connectivity index (χ3n) is 4.89. The molecule has 2 saturated heterocycles. The molecule has 1 N–H and O–H groups in total. The first-order chi connectivity index (χ1) is 11.5. The normalized spacial score (nSPS) is 21.5. The highest BCUT2D eigenvalue weighted by Gasteiger charge is 2.46. The van der Waals surface area contributed by atoms with Crippen molar-refractivity contribution in [1.29, 1.82) is 0 Å². The van der Waals surface area contributed by atoms with Gasteiger partial charge in [0.15, 0.2) is 0 Å². The highest BCUT2D eigenvalue weighted by Crippen LogP contribution is 2.40.